The van der Waals surface area contributed by atoms with Crippen molar-refractivity contribution in [1.82, 2.24) is 19.6 Å². The van der Waals surface area contributed by atoms with Crippen LogP contribution >= 0.6 is 38.4 Å². The number of hydrogen-bond donors (Lipinski definition) is 12. The number of aryl methyl sites for hydroxylation is 1. The maximum atomic E-state index is 8.88. The summed E-state index contributed by atoms with van der Waals surface area (Å²) in [5.41, 5.74) is 2.76. The summed E-state index contributed by atoms with van der Waals surface area (Å²) in [6.45, 7) is 14.3. The van der Waals surface area contributed by atoms with Crippen LogP contribution in [0.2, 0.25) is 24.2 Å². The van der Waals surface area contributed by atoms with Gasteiger partial charge >= 0.3 is 106 Å². The molecule has 0 spiro atoms. The quantitative estimate of drug-likeness (QED) is 0.0590. The summed E-state index contributed by atoms with van der Waals surface area (Å²) in [5, 5.41) is 0. The Morgan fingerprint density at radius 3 is 1.20 bits per heavy atom. The molecule has 12 N–H and O–H groups in total. The Balaban J connectivity index is -0.000000699. The van der Waals surface area contributed by atoms with Gasteiger partial charge in [-0.15, -0.1) is 0 Å². The molecular formula is C29H61AgCl2IN4O12RuSi4-. The summed E-state index contributed by atoms with van der Waals surface area (Å²) < 4.78 is 0. The molecule has 1 fully saturated rings. The zero-order valence-corrected chi connectivity index (χ0v) is 41.9. The molecule has 0 amide bonds. The molecule has 326 valence electrons. The summed E-state index contributed by atoms with van der Waals surface area (Å²) in [7, 11) is -6.02. The predicted octanol–water partition coefficient (Wildman–Crippen LogP) is 0.970. The van der Waals surface area contributed by atoms with Gasteiger partial charge in [0.05, 0.1) is 0 Å². The molecule has 25 heteroatoms. The molecule has 0 radical (unpaired) electrons. The molecule has 1 saturated heterocycles. The van der Waals surface area contributed by atoms with Crippen molar-refractivity contribution in [3.63, 3.8) is 0 Å². The van der Waals surface area contributed by atoms with Crippen molar-refractivity contribution in [1.29, 1.82) is 0 Å². The van der Waals surface area contributed by atoms with E-state index in [1.165, 1.54) is 11.1 Å². The van der Waals surface area contributed by atoms with Gasteiger partial charge < -0.3 is 84.6 Å². The molecule has 0 saturated carbocycles. The zero-order chi connectivity index (χ0) is 41.3. The number of benzene rings is 1. The van der Waals surface area contributed by atoms with Crippen LogP contribution in [-0.2, 0) is 32.4 Å². The van der Waals surface area contributed by atoms with Crippen LogP contribution in [0.4, 0.5) is 0 Å². The van der Waals surface area contributed by atoms with E-state index in [-0.39, 0.29) is 46.7 Å². The summed E-state index contributed by atoms with van der Waals surface area (Å²) in [5.74, 6) is 0.653. The van der Waals surface area contributed by atoms with Gasteiger partial charge in [0.25, 0.3) is 0 Å². The SMILES string of the molecule is Cc1ccc(C(C)C)cc1.O[Si](O)(O)CCCN1C=CN(CCC[Si](O)(O)O)[CH-]1.O[Si](O)(O)CCCN1[CH-]N(CCC[Si](O)(O)O)CC1.[Ag][I].[CH3-].[Cl][Ru+2][Cl]. The fraction of sp³-hybridized carbons (Fsp3) is 0.621. The first-order chi connectivity index (χ1) is 24.4. The molecule has 2 heterocycles. The van der Waals surface area contributed by atoms with E-state index < -0.39 is 35.2 Å². The van der Waals surface area contributed by atoms with E-state index in [0.29, 0.717) is 57.8 Å². The van der Waals surface area contributed by atoms with Crippen LogP contribution in [0.1, 0.15) is 56.6 Å². The van der Waals surface area contributed by atoms with Crippen molar-refractivity contribution >= 4 is 73.6 Å². The van der Waals surface area contributed by atoms with Gasteiger partial charge in [-0.05, 0) is 95.8 Å². The van der Waals surface area contributed by atoms with Crippen LogP contribution in [0.3, 0.4) is 0 Å². The molecule has 0 unspecified atom stereocenters. The van der Waals surface area contributed by atoms with Gasteiger partial charge in [0.2, 0.25) is 0 Å². The van der Waals surface area contributed by atoms with Gasteiger partial charge in [-0.25, -0.2) is 6.67 Å². The standard InChI is InChI=1S/C10H14.C9H23N2O6Si2.C9H21N2O6Si2.CH3.Ag.2ClH.HI.Ru/c1-8(2)10-6-4-9(3)5-7-10;2*12-18(13,14)7-1-3-10-5-6-11(9-10)4-2-8-19(15,16)17;;;;;;/h4-8H,1-3H3;9,12-17H,1-8H2;5-6,9,12-17H,1-4,7-8H2;1H3;;3*1H;/q;3*-1;+1;;;;+4/p-3. The monoisotopic (exact) mass is 1170 g/mol. The van der Waals surface area contributed by atoms with E-state index in [2.05, 4.69) is 62.3 Å². The summed E-state index contributed by atoms with van der Waals surface area (Å²) >= 11 is 4.53. The van der Waals surface area contributed by atoms with Crippen LogP contribution in [0.25, 0.3) is 0 Å². The van der Waals surface area contributed by atoms with Gasteiger partial charge in [-0.1, -0.05) is 43.7 Å². The molecule has 0 aliphatic carbocycles. The molecule has 1 aromatic rings. The minimum absolute atomic E-state index is 0. The normalized spacial score (nSPS) is 15.0. The van der Waals surface area contributed by atoms with Crippen LogP contribution in [0.15, 0.2) is 36.7 Å². The molecule has 1 aromatic carbocycles. The fourth-order valence-electron chi connectivity index (χ4n) is 4.63. The third-order valence-corrected chi connectivity index (χ3v) is 11.4. The molecule has 2 aliphatic rings. The second kappa shape index (κ2) is 32.3. The van der Waals surface area contributed by atoms with E-state index >= 15 is 0 Å². The van der Waals surface area contributed by atoms with Crippen molar-refractivity contribution in [2.75, 3.05) is 39.3 Å². The number of hydrogen-bond acceptors (Lipinski definition) is 16. The fourth-order valence-corrected chi connectivity index (χ4v) is 7.16. The molecule has 0 aromatic heterocycles. The average Bonchev–Trinajstić information content (AvgIpc) is 3.66. The summed E-state index contributed by atoms with van der Waals surface area (Å²) in [4.78, 5) is 114. The molecule has 2 aliphatic heterocycles. The van der Waals surface area contributed by atoms with Crippen LogP contribution in [0, 0.1) is 27.7 Å². The maximum absolute atomic E-state index is 8.88. The average molecular weight is 1180 g/mol. The number of rotatable bonds is 17. The Kier molecular flexibility index (Phi) is 35.8. The Labute approximate surface area is 364 Å². The van der Waals surface area contributed by atoms with E-state index in [4.69, 9.17) is 76.9 Å². The molecule has 0 bridgehead atoms. The van der Waals surface area contributed by atoms with Crippen LogP contribution < -0.4 is 0 Å². The summed E-state index contributed by atoms with van der Waals surface area (Å²) in [6.07, 6.45) is 5.56. The first-order valence-corrected chi connectivity index (χ1v) is 33.6. The Morgan fingerprint density at radius 1 is 0.630 bits per heavy atom. The van der Waals surface area contributed by atoms with Gasteiger partial charge in [0, 0.05) is 24.2 Å². The van der Waals surface area contributed by atoms with Crippen LogP contribution in [-0.4, -0.2) is 152 Å². The van der Waals surface area contributed by atoms with E-state index in [1.807, 2.05) is 45.3 Å². The van der Waals surface area contributed by atoms with Crippen molar-refractivity contribution < 1.29 is 89.9 Å². The van der Waals surface area contributed by atoms with Gasteiger partial charge in [-0.3, -0.25) is 0 Å². The van der Waals surface area contributed by atoms with Gasteiger partial charge in [0.1, 0.15) is 0 Å². The molecule has 16 nitrogen and oxygen atoms in total. The van der Waals surface area contributed by atoms with Gasteiger partial charge in [-0.2, -0.15) is 6.67 Å². The number of halogens is 3. The second-order valence-electron chi connectivity index (χ2n) is 12.7. The predicted molar refractivity (Wildman–Crippen MR) is 219 cm³/mol. The Morgan fingerprint density at radius 2 is 0.926 bits per heavy atom. The van der Waals surface area contributed by atoms with E-state index in [1.54, 1.807) is 19.1 Å². The molecule has 0 atom stereocenters. The minimum atomic E-state index is -3.95. The Hall–Kier alpha value is 1.54. The first-order valence-electron chi connectivity index (χ1n) is 16.5. The first kappa shape index (κ1) is 59.9. The molecular weight excluding hydrogens is 1120 g/mol. The third kappa shape index (κ3) is 39.0. The molecule has 54 heavy (non-hydrogen) atoms. The topological polar surface area (TPSA) is 256 Å². The van der Waals surface area contributed by atoms with Crippen molar-refractivity contribution in [2.24, 2.45) is 0 Å². The van der Waals surface area contributed by atoms with Gasteiger partial charge in [0.15, 0.2) is 0 Å². The van der Waals surface area contributed by atoms with Crippen molar-refractivity contribution in [2.45, 2.75) is 76.5 Å². The summed E-state index contributed by atoms with van der Waals surface area (Å²) in [6, 6.07) is 8.78. The van der Waals surface area contributed by atoms with E-state index in [9.17, 15) is 0 Å². The van der Waals surface area contributed by atoms with Crippen molar-refractivity contribution in [3.8, 4) is 0 Å². The second-order valence-corrected chi connectivity index (χ2v) is 23.5. The zero-order valence-electron chi connectivity index (χ0n) is 31.0. The third-order valence-electron chi connectivity index (χ3n) is 7.26. The number of nitrogens with zero attached hydrogens (tertiary/aromatic N) is 4. The Bertz CT molecular complexity index is 1030. The van der Waals surface area contributed by atoms with Crippen molar-refractivity contribution in [3.05, 3.63) is 68.6 Å². The van der Waals surface area contributed by atoms with E-state index in [0.717, 1.165) is 13.1 Å². The van der Waals surface area contributed by atoms with Crippen LogP contribution in [0.5, 0.6) is 0 Å². The molecule has 3 rings (SSSR count).